The van der Waals surface area contributed by atoms with Crippen LogP contribution in [-0.2, 0) is 11.3 Å². The Labute approximate surface area is 163 Å². The molecule has 1 amide bonds. The molecule has 0 radical (unpaired) electrons. The Morgan fingerprint density at radius 2 is 2.15 bits per heavy atom. The number of thiazole rings is 1. The van der Waals surface area contributed by atoms with E-state index in [0.29, 0.717) is 23.1 Å². The number of morpholine rings is 1. The number of carbonyl (C=O) groups excluding carboxylic acids is 1. The summed E-state index contributed by atoms with van der Waals surface area (Å²) in [7, 11) is 0. The Morgan fingerprint density at radius 1 is 1.41 bits per heavy atom. The van der Waals surface area contributed by atoms with Gasteiger partial charge >= 0.3 is 0 Å². The number of aromatic nitrogens is 1. The molecule has 1 aliphatic rings. The van der Waals surface area contributed by atoms with Crippen molar-refractivity contribution < 1.29 is 14.3 Å². The maximum atomic E-state index is 12.6. The molecule has 1 aromatic heterocycles. The summed E-state index contributed by atoms with van der Waals surface area (Å²) in [5.74, 6) is 0.298. The van der Waals surface area contributed by atoms with Crippen LogP contribution in [-0.4, -0.2) is 47.7 Å². The van der Waals surface area contributed by atoms with Crippen molar-refractivity contribution in [1.82, 2.24) is 9.88 Å². The van der Waals surface area contributed by atoms with Crippen LogP contribution in [0.2, 0.25) is 0 Å². The van der Waals surface area contributed by atoms with Gasteiger partial charge in [0.15, 0.2) is 5.13 Å². The Hall–Kier alpha value is -2.22. The molecule has 1 aliphatic heterocycles. The van der Waals surface area contributed by atoms with E-state index in [-0.39, 0.29) is 18.1 Å². The Bertz CT molecular complexity index is 782. The molecule has 7 heteroatoms. The zero-order chi connectivity index (χ0) is 19.2. The number of amides is 1. The maximum Gasteiger partial charge on any atom is 0.261 e. The van der Waals surface area contributed by atoms with Crippen molar-refractivity contribution in [2.75, 3.05) is 25.0 Å². The van der Waals surface area contributed by atoms with Gasteiger partial charge in [0, 0.05) is 25.0 Å². The predicted octanol–water partition coefficient (Wildman–Crippen LogP) is 3.57. The van der Waals surface area contributed by atoms with E-state index in [1.54, 1.807) is 18.2 Å². The summed E-state index contributed by atoms with van der Waals surface area (Å²) in [4.78, 5) is 19.5. The topological polar surface area (TPSA) is 63.7 Å². The van der Waals surface area contributed by atoms with Gasteiger partial charge in [-0.1, -0.05) is 24.8 Å². The lowest BCUT2D eigenvalue weighted by Gasteiger charge is -2.34. The van der Waals surface area contributed by atoms with Gasteiger partial charge in [0.2, 0.25) is 0 Å². The Morgan fingerprint density at radius 3 is 2.89 bits per heavy atom. The molecular weight excluding hydrogens is 362 g/mol. The van der Waals surface area contributed by atoms with Gasteiger partial charge in [0.1, 0.15) is 12.4 Å². The Kier molecular flexibility index (Phi) is 6.60. The van der Waals surface area contributed by atoms with Crippen LogP contribution in [0.15, 0.2) is 42.3 Å². The molecule has 1 saturated heterocycles. The third kappa shape index (κ3) is 5.38. The molecule has 0 spiro atoms. The van der Waals surface area contributed by atoms with E-state index in [1.807, 2.05) is 17.5 Å². The van der Waals surface area contributed by atoms with Gasteiger partial charge in [0.25, 0.3) is 5.91 Å². The van der Waals surface area contributed by atoms with Crippen molar-refractivity contribution in [3.8, 4) is 5.75 Å². The summed E-state index contributed by atoms with van der Waals surface area (Å²) in [5.41, 5.74) is 1.43. The number of rotatable bonds is 7. The predicted molar refractivity (Wildman–Crippen MR) is 107 cm³/mol. The first-order valence-electron chi connectivity index (χ1n) is 9.01. The fourth-order valence-corrected chi connectivity index (χ4v) is 3.87. The summed E-state index contributed by atoms with van der Waals surface area (Å²) in [6, 6.07) is 7.15. The summed E-state index contributed by atoms with van der Waals surface area (Å²) in [5, 5.41) is 5.44. The van der Waals surface area contributed by atoms with Gasteiger partial charge in [0.05, 0.1) is 23.5 Å². The second-order valence-corrected chi connectivity index (χ2v) is 7.50. The number of anilines is 1. The minimum atomic E-state index is -0.232. The number of nitrogens with one attached hydrogen (secondary N) is 1. The van der Waals surface area contributed by atoms with Crippen LogP contribution in [0.4, 0.5) is 5.13 Å². The molecule has 0 bridgehead atoms. The van der Waals surface area contributed by atoms with Crippen molar-refractivity contribution in [2.24, 2.45) is 0 Å². The zero-order valence-corrected chi connectivity index (χ0v) is 16.5. The number of nitrogens with zero attached hydrogens (tertiary/aromatic N) is 2. The summed E-state index contributed by atoms with van der Waals surface area (Å²) in [6.07, 6.45) is 2.09. The van der Waals surface area contributed by atoms with Crippen molar-refractivity contribution in [3.05, 3.63) is 53.6 Å². The highest BCUT2D eigenvalue weighted by atomic mass is 32.1. The molecule has 2 atom stereocenters. The average Bonchev–Trinajstić information content (AvgIpc) is 3.06. The number of hydrogen-bond acceptors (Lipinski definition) is 6. The first-order valence-corrected chi connectivity index (χ1v) is 9.89. The van der Waals surface area contributed by atoms with E-state index in [0.717, 1.165) is 25.3 Å². The quantitative estimate of drug-likeness (QED) is 0.736. The molecule has 1 aromatic carbocycles. The van der Waals surface area contributed by atoms with Crippen molar-refractivity contribution in [3.63, 3.8) is 0 Å². The third-order valence-corrected chi connectivity index (χ3v) is 4.95. The molecule has 2 heterocycles. The summed E-state index contributed by atoms with van der Waals surface area (Å²) in [6.45, 7) is 10.7. The van der Waals surface area contributed by atoms with Gasteiger partial charge in [-0.3, -0.25) is 15.0 Å². The smallest absolute Gasteiger partial charge is 0.261 e. The van der Waals surface area contributed by atoms with E-state index in [1.165, 1.54) is 11.3 Å². The van der Waals surface area contributed by atoms with E-state index in [9.17, 15) is 4.79 Å². The normalized spacial score (nSPS) is 20.2. The second kappa shape index (κ2) is 9.12. The largest absolute Gasteiger partial charge is 0.489 e. The number of para-hydroxylation sites is 1. The molecular formula is C20H25N3O3S. The lowest BCUT2D eigenvalue weighted by atomic mass is 10.2. The highest BCUT2D eigenvalue weighted by molar-refractivity contribution is 7.14. The standard InChI is InChI=1S/C20H25N3O3S/c1-4-9-25-18-8-6-5-7-17(18)19(24)22-20-21-16(13-27-20)12-23-10-14(2)26-15(3)11-23/h4-8,13-15H,1,9-12H2,2-3H3,(H,21,22,24)/t14-,15+. The minimum Gasteiger partial charge on any atom is -0.489 e. The summed E-state index contributed by atoms with van der Waals surface area (Å²) < 4.78 is 11.3. The van der Waals surface area contributed by atoms with E-state index in [4.69, 9.17) is 9.47 Å². The van der Waals surface area contributed by atoms with Gasteiger partial charge in [-0.05, 0) is 26.0 Å². The van der Waals surface area contributed by atoms with Crippen LogP contribution < -0.4 is 10.1 Å². The Balaban J connectivity index is 1.62. The number of hydrogen-bond donors (Lipinski definition) is 1. The van der Waals surface area contributed by atoms with Crippen LogP contribution >= 0.6 is 11.3 Å². The molecule has 1 N–H and O–H groups in total. The highest BCUT2D eigenvalue weighted by Crippen LogP contribution is 2.23. The number of carbonyl (C=O) groups is 1. The van der Waals surface area contributed by atoms with Crippen molar-refractivity contribution in [1.29, 1.82) is 0 Å². The lowest BCUT2D eigenvalue weighted by Crippen LogP contribution is -2.44. The van der Waals surface area contributed by atoms with Crippen LogP contribution in [0.5, 0.6) is 5.75 Å². The fourth-order valence-electron chi connectivity index (χ4n) is 3.17. The molecule has 0 saturated carbocycles. The zero-order valence-electron chi connectivity index (χ0n) is 15.7. The molecule has 27 heavy (non-hydrogen) atoms. The van der Waals surface area contributed by atoms with E-state index in [2.05, 4.69) is 35.6 Å². The van der Waals surface area contributed by atoms with Crippen LogP contribution in [0.3, 0.4) is 0 Å². The van der Waals surface area contributed by atoms with Crippen LogP contribution in [0.25, 0.3) is 0 Å². The van der Waals surface area contributed by atoms with E-state index < -0.39 is 0 Å². The molecule has 3 rings (SSSR count). The van der Waals surface area contributed by atoms with Crippen molar-refractivity contribution >= 4 is 22.4 Å². The van der Waals surface area contributed by atoms with Gasteiger partial charge in [-0.15, -0.1) is 11.3 Å². The van der Waals surface area contributed by atoms with Gasteiger partial charge in [-0.25, -0.2) is 4.98 Å². The molecule has 6 nitrogen and oxygen atoms in total. The fraction of sp³-hybridized carbons (Fsp3) is 0.400. The van der Waals surface area contributed by atoms with Crippen molar-refractivity contribution in [2.45, 2.75) is 32.6 Å². The third-order valence-electron chi connectivity index (χ3n) is 4.14. The van der Waals surface area contributed by atoms with Crippen LogP contribution in [0.1, 0.15) is 29.9 Å². The lowest BCUT2D eigenvalue weighted by molar-refractivity contribution is -0.0707. The maximum absolute atomic E-state index is 12.6. The highest BCUT2D eigenvalue weighted by Gasteiger charge is 2.23. The first kappa shape index (κ1) is 19.5. The molecule has 144 valence electrons. The monoisotopic (exact) mass is 387 g/mol. The minimum absolute atomic E-state index is 0.221. The summed E-state index contributed by atoms with van der Waals surface area (Å²) >= 11 is 1.43. The molecule has 0 aliphatic carbocycles. The van der Waals surface area contributed by atoms with Gasteiger partial charge < -0.3 is 9.47 Å². The average molecular weight is 388 g/mol. The first-order chi connectivity index (χ1) is 13.0. The van der Waals surface area contributed by atoms with E-state index >= 15 is 0 Å². The van der Waals surface area contributed by atoms with Gasteiger partial charge in [-0.2, -0.15) is 0 Å². The molecule has 2 aromatic rings. The second-order valence-electron chi connectivity index (χ2n) is 6.65. The number of benzene rings is 1. The molecule has 0 unspecified atom stereocenters. The molecule has 1 fully saturated rings. The number of ether oxygens (including phenoxy) is 2. The van der Waals surface area contributed by atoms with Crippen LogP contribution in [0, 0.1) is 0 Å². The SMILES string of the molecule is C=CCOc1ccccc1C(=O)Nc1nc(CN2C[C@@H](C)O[C@@H](C)C2)cs1.